The molecule has 0 radical (unpaired) electrons. The lowest BCUT2D eigenvalue weighted by atomic mass is 9.89. The first-order chi connectivity index (χ1) is 10.9. The predicted octanol–water partition coefficient (Wildman–Crippen LogP) is 5.33. The second-order valence-corrected chi connectivity index (χ2v) is 6.63. The summed E-state index contributed by atoms with van der Waals surface area (Å²) in [5.41, 5.74) is 2.36. The molecule has 1 amide bonds. The van der Waals surface area contributed by atoms with E-state index in [-0.39, 0.29) is 5.91 Å². The molecule has 0 fully saturated rings. The van der Waals surface area contributed by atoms with E-state index < -0.39 is 5.41 Å². The molecule has 0 heterocycles. The third-order valence-electron chi connectivity index (χ3n) is 4.05. The summed E-state index contributed by atoms with van der Waals surface area (Å²) >= 11 is 6.31. The van der Waals surface area contributed by atoms with Gasteiger partial charge in [0.1, 0.15) is 0 Å². The maximum Gasteiger partial charge on any atom is 0.230 e. The Morgan fingerprint density at radius 2 is 1.83 bits per heavy atom. The van der Waals surface area contributed by atoms with Gasteiger partial charge in [0.15, 0.2) is 0 Å². The number of carbonyl (C=O) groups is 1. The number of anilines is 2. The van der Waals surface area contributed by atoms with Crippen LogP contribution >= 0.6 is 11.6 Å². The molecule has 0 aliphatic rings. The quantitative estimate of drug-likeness (QED) is 0.751. The summed E-state index contributed by atoms with van der Waals surface area (Å²) in [7, 11) is 0. The van der Waals surface area contributed by atoms with Gasteiger partial charge in [-0.2, -0.15) is 0 Å². The number of rotatable bonds is 6. The first kappa shape index (κ1) is 17.4. The van der Waals surface area contributed by atoms with E-state index in [1.807, 2.05) is 51.1 Å². The highest BCUT2D eigenvalue weighted by molar-refractivity contribution is 6.33. The summed E-state index contributed by atoms with van der Waals surface area (Å²) in [6, 6.07) is 15.6. The van der Waals surface area contributed by atoms with E-state index in [4.69, 9.17) is 11.6 Å². The largest absolute Gasteiger partial charge is 0.380 e. The van der Waals surface area contributed by atoms with Crippen molar-refractivity contribution in [1.29, 1.82) is 0 Å². The van der Waals surface area contributed by atoms with Crippen LogP contribution in [0.25, 0.3) is 0 Å². The minimum Gasteiger partial charge on any atom is -0.380 e. The van der Waals surface area contributed by atoms with Gasteiger partial charge in [-0.1, -0.05) is 62.7 Å². The maximum absolute atomic E-state index is 12.2. The fourth-order valence-electron chi connectivity index (χ4n) is 1.99. The van der Waals surface area contributed by atoms with Crippen LogP contribution in [0.4, 0.5) is 11.4 Å². The van der Waals surface area contributed by atoms with E-state index in [9.17, 15) is 4.79 Å². The first-order valence-corrected chi connectivity index (χ1v) is 8.19. The van der Waals surface area contributed by atoms with E-state index in [0.29, 0.717) is 17.3 Å². The molecular weight excluding hydrogens is 308 g/mol. The molecule has 0 saturated heterocycles. The van der Waals surface area contributed by atoms with Crippen LogP contribution in [-0.2, 0) is 11.3 Å². The van der Waals surface area contributed by atoms with Crippen molar-refractivity contribution in [1.82, 2.24) is 0 Å². The molecule has 2 N–H and O–H groups in total. The van der Waals surface area contributed by atoms with Crippen molar-refractivity contribution < 1.29 is 4.79 Å². The second-order valence-electron chi connectivity index (χ2n) is 6.23. The van der Waals surface area contributed by atoms with Gasteiger partial charge in [-0.15, -0.1) is 0 Å². The van der Waals surface area contributed by atoms with Crippen molar-refractivity contribution in [3.05, 3.63) is 59.1 Å². The van der Waals surface area contributed by atoms with E-state index in [1.165, 1.54) is 5.56 Å². The molecule has 23 heavy (non-hydrogen) atoms. The topological polar surface area (TPSA) is 41.1 Å². The lowest BCUT2D eigenvalue weighted by molar-refractivity contribution is -0.124. The smallest absolute Gasteiger partial charge is 0.230 e. The highest BCUT2D eigenvalue weighted by Gasteiger charge is 2.25. The monoisotopic (exact) mass is 330 g/mol. The molecule has 0 atom stereocenters. The van der Waals surface area contributed by atoms with Crippen LogP contribution in [0.5, 0.6) is 0 Å². The Hall–Kier alpha value is -2.00. The fraction of sp³-hybridized carbons (Fsp3) is 0.316. The van der Waals surface area contributed by atoms with Crippen molar-refractivity contribution in [3.63, 3.8) is 0 Å². The van der Waals surface area contributed by atoms with E-state index in [1.54, 1.807) is 6.07 Å². The molecule has 0 saturated carbocycles. The number of carbonyl (C=O) groups excluding carboxylic acids is 1. The molecule has 0 bridgehead atoms. The van der Waals surface area contributed by atoms with Gasteiger partial charge in [0, 0.05) is 17.6 Å². The number of hydrogen-bond acceptors (Lipinski definition) is 2. The van der Waals surface area contributed by atoms with Crippen LogP contribution in [0.15, 0.2) is 48.5 Å². The molecule has 0 aromatic heterocycles. The van der Waals surface area contributed by atoms with Gasteiger partial charge in [0.05, 0.1) is 10.7 Å². The van der Waals surface area contributed by atoms with E-state index in [2.05, 4.69) is 22.8 Å². The summed E-state index contributed by atoms with van der Waals surface area (Å²) in [5.74, 6) is 0.000983. The average Bonchev–Trinajstić information content (AvgIpc) is 2.55. The van der Waals surface area contributed by atoms with Gasteiger partial charge in [0.25, 0.3) is 0 Å². The van der Waals surface area contributed by atoms with Crippen LogP contribution in [0.1, 0.15) is 32.8 Å². The normalized spacial score (nSPS) is 11.1. The second kappa shape index (κ2) is 7.51. The van der Waals surface area contributed by atoms with Crippen molar-refractivity contribution in [2.24, 2.45) is 5.41 Å². The van der Waals surface area contributed by atoms with E-state index in [0.717, 1.165) is 12.1 Å². The maximum atomic E-state index is 12.2. The Kier molecular flexibility index (Phi) is 5.67. The van der Waals surface area contributed by atoms with E-state index >= 15 is 0 Å². The first-order valence-electron chi connectivity index (χ1n) is 7.81. The number of nitrogens with one attached hydrogen (secondary N) is 2. The predicted molar refractivity (Wildman–Crippen MR) is 97.9 cm³/mol. The average molecular weight is 331 g/mol. The van der Waals surface area contributed by atoms with Gasteiger partial charge in [-0.3, -0.25) is 4.79 Å². The lowest BCUT2D eigenvalue weighted by Gasteiger charge is -2.21. The molecule has 2 rings (SSSR count). The SMILES string of the molecule is CCC(C)(C)C(=O)Nc1ccc(NCc2ccccc2)c(Cl)c1. The third-order valence-corrected chi connectivity index (χ3v) is 4.36. The Labute approximate surface area is 143 Å². The van der Waals surface area contributed by atoms with Crippen LogP contribution in [0.2, 0.25) is 5.02 Å². The van der Waals surface area contributed by atoms with Crippen LogP contribution in [0, 0.1) is 5.41 Å². The van der Waals surface area contributed by atoms with Crippen LogP contribution < -0.4 is 10.6 Å². The Morgan fingerprint density at radius 3 is 2.43 bits per heavy atom. The van der Waals surface area contributed by atoms with Crippen LogP contribution in [0.3, 0.4) is 0 Å². The molecule has 3 nitrogen and oxygen atoms in total. The zero-order valence-electron chi connectivity index (χ0n) is 13.8. The number of benzene rings is 2. The van der Waals surface area contributed by atoms with Gasteiger partial charge in [0.2, 0.25) is 5.91 Å². The van der Waals surface area contributed by atoms with Crippen LogP contribution in [-0.4, -0.2) is 5.91 Å². The van der Waals surface area contributed by atoms with Crippen molar-refractivity contribution in [3.8, 4) is 0 Å². The third kappa shape index (κ3) is 4.73. The zero-order chi connectivity index (χ0) is 16.9. The van der Waals surface area contributed by atoms with Gasteiger partial charge in [-0.05, 0) is 30.2 Å². The number of halogens is 1. The molecule has 0 aliphatic carbocycles. The molecule has 4 heteroatoms. The fourth-order valence-corrected chi connectivity index (χ4v) is 2.24. The molecule has 0 spiro atoms. The Morgan fingerprint density at radius 1 is 1.13 bits per heavy atom. The Bertz CT molecular complexity index is 668. The van der Waals surface area contributed by atoms with Crippen molar-refractivity contribution in [2.45, 2.75) is 33.7 Å². The summed E-state index contributed by atoms with van der Waals surface area (Å²) in [6.07, 6.45) is 0.781. The van der Waals surface area contributed by atoms with Gasteiger partial charge < -0.3 is 10.6 Å². The minimum atomic E-state index is -0.392. The summed E-state index contributed by atoms with van der Waals surface area (Å²) in [4.78, 5) is 12.2. The molecule has 0 aliphatic heterocycles. The lowest BCUT2D eigenvalue weighted by Crippen LogP contribution is -2.29. The molecule has 122 valence electrons. The number of amides is 1. The van der Waals surface area contributed by atoms with Gasteiger partial charge >= 0.3 is 0 Å². The highest BCUT2D eigenvalue weighted by atomic mass is 35.5. The van der Waals surface area contributed by atoms with Crippen molar-refractivity contribution >= 4 is 28.9 Å². The minimum absolute atomic E-state index is 0.000983. The summed E-state index contributed by atoms with van der Waals surface area (Å²) in [5, 5.41) is 6.82. The van der Waals surface area contributed by atoms with Crippen molar-refractivity contribution in [2.75, 3.05) is 10.6 Å². The standard InChI is InChI=1S/C19H23ClN2O/c1-4-19(2,3)18(23)22-15-10-11-17(16(20)12-15)21-13-14-8-6-5-7-9-14/h5-12,21H,4,13H2,1-3H3,(H,22,23). The zero-order valence-corrected chi connectivity index (χ0v) is 14.6. The number of hydrogen-bond donors (Lipinski definition) is 2. The summed E-state index contributed by atoms with van der Waals surface area (Å²) < 4.78 is 0. The molecule has 0 unspecified atom stereocenters. The molecule has 2 aromatic carbocycles. The highest BCUT2D eigenvalue weighted by Crippen LogP contribution is 2.28. The molecular formula is C19H23ClN2O. The molecule has 2 aromatic rings. The Balaban J connectivity index is 2.02. The van der Waals surface area contributed by atoms with Gasteiger partial charge in [-0.25, -0.2) is 0 Å². The summed E-state index contributed by atoms with van der Waals surface area (Å²) in [6.45, 7) is 6.57.